The molecule has 1 saturated heterocycles. The number of halogens is 1. The Labute approximate surface area is 265 Å². The number of ether oxygens (including phenoxy) is 5. The van der Waals surface area contributed by atoms with Gasteiger partial charge in [0.05, 0.1) is 22.9 Å². The second-order valence-electron chi connectivity index (χ2n) is 10.4. The molecule has 0 spiro atoms. The van der Waals surface area contributed by atoms with Crippen LogP contribution in [0.25, 0.3) is 0 Å². The van der Waals surface area contributed by atoms with Crippen LogP contribution in [0.15, 0.2) is 107 Å². The number of aromatic amines is 1. The third-order valence-corrected chi connectivity index (χ3v) is 7.11. The van der Waals surface area contributed by atoms with Crippen LogP contribution in [0.2, 0.25) is 0 Å². The SMILES string of the molecule is CC(=O)OC1C(n2cc(F)c(=O)[nH]c2=O)OC(COC(=O)c2ccccc2)(COC(=O)c2ccccc2)C1OC(=O)c1ccccc1. The Hall–Kier alpha value is -5.89. The highest BCUT2D eigenvalue weighted by Crippen LogP contribution is 2.42. The molecule has 1 aromatic heterocycles. The number of hydrogen-bond acceptors (Lipinski definition) is 11. The molecule has 1 aliphatic rings. The average Bonchev–Trinajstić information content (AvgIpc) is 3.36. The lowest BCUT2D eigenvalue weighted by atomic mass is 9.96. The second kappa shape index (κ2) is 14.0. The average molecular weight is 647 g/mol. The van der Waals surface area contributed by atoms with Crippen LogP contribution in [-0.2, 0) is 28.5 Å². The van der Waals surface area contributed by atoms with Gasteiger partial charge in [0.25, 0.3) is 5.56 Å². The third-order valence-electron chi connectivity index (χ3n) is 7.11. The van der Waals surface area contributed by atoms with Crippen LogP contribution in [-0.4, -0.2) is 64.5 Å². The van der Waals surface area contributed by atoms with Crippen LogP contribution < -0.4 is 11.2 Å². The first kappa shape index (κ1) is 32.5. The molecule has 47 heavy (non-hydrogen) atoms. The molecule has 1 fully saturated rings. The number of nitrogens with one attached hydrogen (secondary N) is 1. The number of H-pyrrole nitrogens is 1. The maximum absolute atomic E-state index is 14.5. The van der Waals surface area contributed by atoms with Gasteiger partial charge < -0.3 is 23.7 Å². The van der Waals surface area contributed by atoms with Gasteiger partial charge in [-0.3, -0.25) is 19.1 Å². The number of aromatic nitrogens is 2. The lowest BCUT2D eigenvalue weighted by Gasteiger charge is -2.33. The fourth-order valence-corrected chi connectivity index (χ4v) is 4.90. The molecule has 242 valence electrons. The van der Waals surface area contributed by atoms with E-state index in [0.717, 1.165) is 6.92 Å². The van der Waals surface area contributed by atoms with E-state index < -0.39 is 78.2 Å². The van der Waals surface area contributed by atoms with Crippen molar-refractivity contribution in [1.82, 2.24) is 9.55 Å². The molecule has 1 N–H and O–H groups in total. The maximum atomic E-state index is 14.5. The largest absolute Gasteiger partial charge is 0.459 e. The summed E-state index contributed by atoms with van der Waals surface area (Å²) in [5.74, 6) is -4.98. The highest BCUT2D eigenvalue weighted by atomic mass is 19.1. The quantitative estimate of drug-likeness (QED) is 0.199. The van der Waals surface area contributed by atoms with Gasteiger partial charge >= 0.3 is 29.6 Å². The zero-order valence-electron chi connectivity index (χ0n) is 24.7. The Morgan fingerprint density at radius 2 is 1.23 bits per heavy atom. The lowest BCUT2D eigenvalue weighted by molar-refractivity contribution is -0.157. The van der Waals surface area contributed by atoms with Gasteiger partial charge in [-0.2, -0.15) is 4.39 Å². The van der Waals surface area contributed by atoms with E-state index in [1.807, 2.05) is 0 Å². The van der Waals surface area contributed by atoms with Gasteiger partial charge in [-0.1, -0.05) is 54.6 Å². The number of carbonyl (C=O) groups is 4. The van der Waals surface area contributed by atoms with E-state index in [0.29, 0.717) is 10.8 Å². The molecule has 0 radical (unpaired) electrons. The standard InChI is InChI=1S/C33H27FN2O11/c1-20(37)45-25-26(46-31(41)23-15-9-4-10-16-23)33(18-43-29(39)21-11-5-2-6-12-21,19-44-30(40)22-13-7-3-8-14-22)47-28(25)36-17-24(34)27(38)35-32(36)42/h2-17,25-26,28H,18-19H2,1H3,(H,35,38,42). The van der Waals surface area contributed by atoms with E-state index in [9.17, 15) is 33.2 Å². The fraction of sp³-hybridized carbons (Fsp3) is 0.212. The van der Waals surface area contributed by atoms with Crippen LogP contribution in [0, 0.1) is 5.82 Å². The summed E-state index contributed by atoms with van der Waals surface area (Å²) in [7, 11) is 0. The summed E-state index contributed by atoms with van der Waals surface area (Å²) in [6.07, 6.45) is -4.76. The minimum atomic E-state index is -2.17. The van der Waals surface area contributed by atoms with Crippen molar-refractivity contribution >= 4 is 23.9 Å². The molecule has 1 aliphatic heterocycles. The lowest BCUT2D eigenvalue weighted by Crippen LogP contribution is -2.54. The molecule has 5 rings (SSSR count). The minimum Gasteiger partial charge on any atom is -0.459 e. The van der Waals surface area contributed by atoms with Gasteiger partial charge in [0.2, 0.25) is 5.82 Å². The molecule has 13 nitrogen and oxygen atoms in total. The Balaban J connectivity index is 1.62. The summed E-state index contributed by atoms with van der Waals surface area (Å²) < 4.78 is 43.8. The summed E-state index contributed by atoms with van der Waals surface area (Å²) in [5, 5.41) is 0. The van der Waals surface area contributed by atoms with Crippen LogP contribution in [0.1, 0.15) is 44.2 Å². The zero-order valence-corrected chi connectivity index (χ0v) is 24.7. The number of carbonyl (C=O) groups excluding carboxylic acids is 4. The van der Waals surface area contributed by atoms with Crippen molar-refractivity contribution in [3.05, 3.63) is 141 Å². The zero-order chi connectivity index (χ0) is 33.6. The van der Waals surface area contributed by atoms with E-state index >= 15 is 0 Å². The molecular formula is C33H27FN2O11. The van der Waals surface area contributed by atoms with Crippen molar-refractivity contribution < 1.29 is 47.3 Å². The molecule has 3 unspecified atom stereocenters. The predicted octanol–water partition coefficient (Wildman–Crippen LogP) is 2.81. The van der Waals surface area contributed by atoms with Gasteiger partial charge in [-0.15, -0.1) is 0 Å². The third kappa shape index (κ3) is 7.34. The summed E-state index contributed by atoms with van der Waals surface area (Å²) >= 11 is 0. The van der Waals surface area contributed by atoms with Crippen molar-refractivity contribution in [2.24, 2.45) is 0 Å². The molecule has 0 bridgehead atoms. The highest BCUT2D eigenvalue weighted by Gasteiger charge is 2.62. The monoisotopic (exact) mass is 646 g/mol. The van der Waals surface area contributed by atoms with Gasteiger partial charge in [-0.25, -0.2) is 19.2 Å². The van der Waals surface area contributed by atoms with Crippen LogP contribution >= 0.6 is 0 Å². The molecule has 4 aromatic rings. The Morgan fingerprint density at radius 3 is 1.70 bits per heavy atom. The van der Waals surface area contributed by atoms with E-state index in [1.165, 1.54) is 36.4 Å². The normalized spacial score (nSPS) is 18.1. The van der Waals surface area contributed by atoms with Crippen molar-refractivity contribution in [3.63, 3.8) is 0 Å². The van der Waals surface area contributed by atoms with E-state index in [1.54, 1.807) is 59.6 Å². The number of hydrogen-bond donors (Lipinski definition) is 1. The van der Waals surface area contributed by atoms with E-state index in [4.69, 9.17) is 23.7 Å². The van der Waals surface area contributed by atoms with E-state index in [-0.39, 0.29) is 16.7 Å². The molecule has 3 aromatic carbocycles. The summed E-state index contributed by atoms with van der Waals surface area (Å²) in [6, 6.07) is 23.3. The van der Waals surface area contributed by atoms with Crippen molar-refractivity contribution in [2.45, 2.75) is 31.0 Å². The Bertz CT molecular complexity index is 1820. The number of esters is 4. The fourth-order valence-electron chi connectivity index (χ4n) is 4.90. The van der Waals surface area contributed by atoms with Crippen LogP contribution in [0.5, 0.6) is 0 Å². The topological polar surface area (TPSA) is 169 Å². The number of benzene rings is 3. The molecule has 2 heterocycles. The molecule has 0 saturated carbocycles. The first-order valence-electron chi connectivity index (χ1n) is 14.1. The smallest absolute Gasteiger partial charge is 0.338 e. The van der Waals surface area contributed by atoms with Gasteiger partial charge in [-0.05, 0) is 36.4 Å². The van der Waals surface area contributed by atoms with Gasteiger partial charge in [0.15, 0.2) is 24.0 Å². The number of nitrogens with zero attached hydrogens (tertiary/aromatic N) is 1. The predicted molar refractivity (Wildman–Crippen MR) is 159 cm³/mol. The molecule has 0 aliphatic carbocycles. The molecule has 0 amide bonds. The first-order chi connectivity index (χ1) is 22.6. The Morgan fingerprint density at radius 1 is 0.766 bits per heavy atom. The van der Waals surface area contributed by atoms with Crippen molar-refractivity contribution in [2.75, 3.05) is 13.2 Å². The summed E-state index contributed by atoms with van der Waals surface area (Å²) in [4.78, 5) is 78.5. The number of rotatable bonds is 10. The first-order valence-corrected chi connectivity index (χ1v) is 14.1. The second-order valence-corrected chi connectivity index (χ2v) is 10.4. The Kier molecular flexibility index (Phi) is 9.71. The molecule has 14 heteroatoms. The summed E-state index contributed by atoms with van der Waals surface area (Å²) in [6.45, 7) is -0.553. The van der Waals surface area contributed by atoms with E-state index in [2.05, 4.69) is 0 Å². The van der Waals surface area contributed by atoms with Crippen LogP contribution in [0.4, 0.5) is 4.39 Å². The minimum absolute atomic E-state index is 0.0567. The van der Waals surface area contributed by atoms with Gasteiger partial charge in [0.1, 0.15) is 13.2 Å². The van der Waals surface area contributed by atoms with Crippen LogP contribution in [0.3, 0.4) is 0 Å². The van der Waals surface area contributed by atoms with Crippen molar-refractivity contribution in [3.8, 4) is 0 Å². The van der Waals surface area contributed by atoms with Gasteiger partial charge in [0, 0.05) is 6.92 Å². The summed E-state index contributed by atoms with van der Waals surface area (Å²) in [5.41, 5.74) is -4.36. The molecule has 3 atom stereocenters. The van der Waals surface area contributed by atoms with Crippen molar-refractivity contribution in [1.29, 1.82) is 0 Å². The maximum Gasteiger partial charge on any atom is 0.338 e. The highest BCUT2D eigenvalue weighted by molar-refractivity contribution is 5.90. The molecular weight excluding hydrogens is 619 g/mol.